The van der Waals surface area contributed by atoms with Crippen LogP contribution in [0.5, 0.6) is 0 Å². The number of ether oxygens (including phenoxy) is 1. The van der Waals surface area contributed by atoms with Crippen LogP contribution in [-0.2, 0) is 13.8 Å². The standard InChI is InChI=1S/C6H10NO4PS.C4H10/c1-2-10-6(11-12(8)9)5-7-3-4-13-5;1-3-4-2/h3-4,6,12H,2H2,1H3,(H,8,9);3-4H2,1-2H3. The van der Waals surface area contributed by atoms with Crippen LogP contribution in [0.1, 0.15) is 44.9 Å². The first-order valence-corrected chi connectivity index (χ1v) is 7.70. The predicted octanol–water partition coefficient (Wildman–Crippen LogP) is 3.38. The van der Waals surface area contributed by atoms with Crippen molar-refractivity contribution in [3.63, 3.8) is 0 Å². The van der Waals surface area contributed by atoms with Crippen LogP contribution in [0, 0.1) is 0 Å². The quantitative estimate of drug-likeness (QED) is 0.639. The summed E-state index contributed by atoms with van der Waals surface area (Å²) in [5.41, 5.74) is 0. The highest BCUT2D eigenvalue weighted by atomic mass is 32.1. The maximum Gasteiger partial charge on any atom is 0.319 e. The van der Waals surface area contributed by atoms with Crippen molar-refractivity contribution >= 4 is 19.6 Å². The Morgan fingerprint density at radius 1 is 1.47 bits per heavy atom. The molecule has 1 aromatic heterocycles. The summed E-state index contributed by atoms with van der Waals surface area (Å²) in [7, 11) is -2.99. The summed E-state index contributed by atoms with van der Waals surface area (Å²) >= 11 is 1.32. The molecule has 1 aromatic rings. The summed E-state index contributed by atoms with van der Waals surface area (Å²) in [6, 6.07) is 0. The van der Waals surface area contributed by atoms with Crippen LogP contribution in [-0.4, -0.2) is 16.5 Å². The lowest BCUT2D eigenvalue weighted by Gasteiger charge is -2.12. The molecule has 1 rings (SSSR count). The van der Waals surface area contributed by atoms with Crippen molar-refractivity contribution in [2.24, 2.45) is 0 Å². The molecule has 0 radical (unpaired) electrons. The molecular formula is C10H20NO4PS. The Balaban J connectivity index is 0.000000557. The van der Waals surface area contributed by atoms with Crippen LogP contribution in [0.2, 0.25) is 0 Å². The Labute approximate surface area is 107 Å². The first-order valence-electron chi connectivity index (χ1n) is 5.56. The Bertz CT molecular complexity index is 293. The van der Waals surface area contributed by atoms with E-state index in [1.807, 2.05) is 0 Å². The molecule has 0 fully saturated rings. The summed E-state index contributed by atoms with van der Waals surface area (Å²) in [6.07, 6.45) is 3.41. The topological polar surface area (TPSA) is 68.7 Å². The van der Waals surface area contributed by atoms with Crippen molar-refractivity contribution in [1.29, 1.82) is 0 Å². The van der Waals surface area contributed by atoms with E-state index in [-0.39, 0.29) is 0 Å². The van der Waals surface area contributed by atoms with Crippen molar-refractivity contribution in [2.75, 3.05) is 6.61 Å². The van der Waals surface area contributed by atoms with Crippen molar-refractivity contribution in [1.82, 2.24) is 4.98 Å². The van der Waals surface area contributed by atoms with Crippen molar-refractivity contribution in [3.05, 3.63) is 16.6 Å². The minimum absolute atomic E-state index is 0.402. The van der Waals surface area contributed by atoms with Crippen molar-refractivity contribution in [3.8, 4) is 0 Å². The third-order valence-electron chi connectivity index (χ3n) is 1.68. The fourth-order valence-electron chi connectivity index (χ4n) is 0.750. The smallest absolute Gasteiger partial charge is 0.319 e. The van der Waals surface area contributed by atoms with Crippen LogP contribution >= 0.6 is 19.6 Å². The minimum Gasteiger partial charge on any atom is -0.346 e. The van der Waals surface area contributed by atoms with E-state index >= 15 is 0 Å². The lowest BCUT2D eigenvalue weighted by molar-refractivity contribution is -0.0793. The van der Waals surface area contributed by atoms with Gasteiger partial charge < -0.3 is 9.63 Å². The van der Waals surface area contributed by atoms with Gasteiger partial charge in [0.1, 0.15) is 5.01 Å². The van der Waals surface area contributed by atoms with Gasteiger partial charge in [-0.1, -0.05) is 26.7 Å². The monoisotopic (exact) mass is 281 g/mol. The molecule has 5 nitrogen and oxygen atoms in total. The molecule has 0 spiro atoms. The van der Waals surface area contributed by atoms with Gasteiger partial charge >= 0.3 is 8.25 Å². The summed E-state index contributed by atoms with van der Waals surface area (Å²) in [4.78, 5) is 12.5. The predicted molar refractivity (Wildman–Crippen MR) is 69.4 cm³/mol. The lowest BCUT2D eigenvalue weighted by atomic mass is 10.4. The zero-order valence-electron chi connectivity index (χ0n) is 10.4. The van der Waals surface area contributed by atoms with Gasteiger partial charge in [0.2, 0.25) is 6.29 Å². The molecule has 0 aliphatic rings. The highest BCUT2D eigenvalue weighted by Crippen LogP contribution is 2.30. The van der Waals surface area contributed by atoms with Crippen LogP contribution in [0.15, 0.2) is 11.6 Å². The molecule has 2 unspecified atom stereocenters. The number of unbranched alkanes of at least 4 members (excludes halogenated alkanes) is 1. The molecular weight excluding hydrogens is 261 g/mol. The molecule has 2 atom stereocenters. The first kappa shape index (κ1) is 16.7. The van der Waals surface area contributed by atoms with Gasteiger partial charge in [-0.15, -0.1) is 11.3 Å². The van der Waals surface area contributed by atoms with E-state index in [2.05, 4.69) is 23.4 Å². The van der Waals surface area contributed by atoms with E-state index in [1.54, 1.807) is 18.5 Å². The normalized spacial score (nSPS) is 13.6. The van der Waals surface area contributed by atoms with Gasteiger partial charge in [-0.2, -0.15) is 0 Å². The van der Waals surface area contributed by atoms with E-state index < -0.39 is 14.5 Å². The molecule has 1 heterocycles. The summed E-state index contributed by atoms with van der Waals surface area (Å²) < 4.78 is 20.2. The van der Waals surface area contributed by atoms with Crippen LogP contribution in [0.25, 0.3) is 0 Å². The average molecular weight is 281 g/mol. The maximum atomic E-state index is 10.4. The number of hydrogen-bond donors (Lipinski definition) is 1. The summed E-state index contributed by atoms with van der Waals surface area (Å²) in [5.74, 6) is 0. The van der Waals surface area contributed by atoms with Gasteiger partial charge in [0.25, 0.3) is 0 Å². The Morgan fingerprint density at radius 3 is 2.47 bits per heavy atom. The number of aromatic nitrogens is 1. The second-order valence-corrected chi connectivity index (χ2v) is 4.74. The van der Waals surface area contributed by atoms with Crippen molar-refractivity contribution in [2.45, 2.75) is 39.9 Å². The highest BCUT2D eigenvalue weighted by Gasteiger charge is 2.16. The molecule has 0 amide bonds. The number of nitrogens with zero attached hydrogens (tertiary/aromatic N) is 1. The molecule has 0 saturated carbocycles. The number of thiazole rings is 1. The van der Waals surface area contributed by atoms with Gasteiger partial charge in [-0.25, -0.2) is 4.98 Å². The van der Waals surface area contributed by atoms with E-state index in [9.17, 15) is 4.57 Å². The Hall–Kier alpha value is -0.260. The summed E-state index contributed by atoms with van der Waals surface area (Å²) in [6.45, 7) is 6.54. The molecule has 0 saturated heterocycles. The van der Waals surface area contributed by atoms with E-state index in [4.69, 9.17) is 9.63 Å². The molecule has 7 heteroatoms. The highest BCUT2D eigenvalue weighted by molar-refractivity contribution is 7.32. The van der Waals surface area contributed by atoms with E-state index in [0.717, 1.165) is 0 Å². The van der Waals surface area contributed by atoms with E-state index in [0.29, 0.717) is 11.6 Å². The third kappa shape index (κ3) is 8.46. The molecule has 0 aliphatic heterocycles. The Kier molecular flexibility index (Phi) is 10.7. The van der Waals surface area contributed by atoms with Gasteiger partial charge in [-0.3, -0.25) is 9.09 Å². The molecule has 0 aromatic carbocycles. The second-order valence-electron chi connectivity index (χ2n) is 3.04. The van der Waals surface area contributed by atoms with Crippen LogP contribution < -0.4 is 0 Å². The van der Waals surface area contributed by atoms with Gasteiger partial charge in [0, 0.05) is 18.2 Å². The largest absolute Gasteiger partial charge is 0.346 e. The molecule has 17 heavy (non-hydrogen) atoms. The SMILES string of the molecule is CCCC.CCOC(O[PH](=O)O)c1nccs1. The van der Waals surface area contributed by atoms with Crippen molar-refractivity contribution < 1.29 is 18.7 Å². The first-order chi connectivity index (χ1) is 8.15. The zero-order valence-corrected chi connectivity index (χ0v) is 12.2. The fourth-order valence-corrected chi connectivity index (χ4v) is 1.81. The average Bonchev–Trinajstić information content (AvgIpc) is 2.82. The zero-order chi connectivity index (χ0) is 13.1. The molecule has 0 bridgehead atoms. The van der Waals surface area contributed by atoms with E-state index in [1.165, 1.54) is 24.2 Å². The fraction of sp³-hybridized carbons (Fsp3) is 0.700. The molecule has 100 valence electrons. The maximum absolute atomic E-state index is 10.4. The van der Waals surface area contributed by atoms with Crippen LogP contribution in [0.3, 0.4) is 0 Å². The van der Waals surface area contributed by atoms with Crippen LogP contribution in [0.4, 0.5) is 0 Å². The molecule has 0 aliphatic carbocycles. The lowest BCUT2D eigenvalue weighted by Crippen LogP contribution is -2.04. The number of hydrogen-bond acceptors (Lipinski definition) is 5. The van der Waals surface area contributed by atoms with Gasteiger partial charge in [0.15, 0.2) is 0 Å². The number of rotatable bonds is 6. The summed E-state index contributed by atoms with van der Waals surface area (Å²) in [5, 5.41) is 2.30. The molecule has 1 N–H and O–H groups in total. The minimum atomic E-state index is -2.99. The van der Waals surface area contributed by atoms with Gasteiger partial charge in [-0.05, 0) is 6.92 Å². The second kappa shape index (κ2) is 10.9. The van der Waals surface area contributed by atoms with Gasteiger partial charge in [0.05, 0.1) is 0 Å². The Morgan fingerprint density at radius 2 is 2.12 bits per heavy atom. The third-order valence-corrected chi connectivity index (χ3v) is 2.89.